The number of H-pyrrole nitrogens is 1. The van der Waals surface area contributed by atoms with Crippen molar-refractivity contribution < 1.29 is 47.4 Å². The van der Waals surface area contributed by atoms with E-state index in [-0.39, 0.29) is 29.4 Å². The highest BCUT2D eigenvalue weighted by molar-refractivity contribution is 6.22. The number of aliphatic hydroxyl groups is 1. The largest absolute Gasteiger partial charge is 0.443 e. The van der Waals surface area contributed by atoms with Crippen LogP contribution in [0.3, 0.4) is 0 Å². The molecule has 0 aliphatic carbocycles. The number of aliphatic hydroxyl groups excluding tert-OH is 1. The van der Waals surface area contributed by atoms with Crippen LogP contribution in [0.15, 0.2) is 55.1 Å². The summed E-state index contributed by atoms with van der Waals surface area (Å²) in [6.07, 6.45) is -1.21. The van der Waals surface area contributed by atoms with Gasteiger partial charge in [-0.1, -0.05) is 64.4 Å². The molecule has 2 unspecified atom stereocenters. The molecular formula is C40H54F2N8O8. The summed E-state index contributed by atoms with van der Waals surface area (Å²) >= 11 is 0. The lowest BCUT2D eigenvalue weighted by Crippen LogP contribution is -2.57. The smallest absolute Gasteiger partial charge is 0.424 e. The summed E-state index contributed by atoms with van der Waals surface area (Å²) < 4.78 is 37.7. The van der Waals surface area contributed by atoms with E-state index in [1.54, 1.807) is 58.0 Å². The van der Waals surface area contributed by atoms with Gasteiger partial charge in [-0.2, -0.15) is 13.7 Å². The van der Waals surface area contributed by atoms with Crippen LogP contribution in [-0.2, 0) is 27.2 Å². The van der Waals surface area contributed by atoms with Crippen LogP contribution in [-0.4, -0.2) is 102 Å². The van der Waals surface area contributed by atoms with Gasteiger partial charge in [0.05, 0.1) is 24.0 Å². The number of imidazole rings is 1. The molecule has 3 aromatic rings. The zero-order valence-corrected chi connectivity index (χ0v) is 33.7. The highest BCUT2D eigenvalue weighted by Crippen LogP contribution is 2.32. The maximum absolute atomic E-state index is 16.2. The second-order valence-electron chi connectivity index (χ2n) is 15.6. The first-order valence-corrected chi connectivity index (χ1v) is 18.8. The van der Waals surface area contributed by atoms with Gasteiger partial charge in [-0.05, 0) is 57.1 Å². The van der Waals surface area contributed by atoms with Crippen LogP contribution in [0.5, 0.6) is 0 Å². The minimum atomic E-state index is -4.74. The highest BCUT2D eigenvalue weighted by atomic mass is 19.3. The number of benzene rings is 1. The number of nitrogens with zero attached hydrogens (tertiary/aromatic N) is 3. The maximum atomic E-state index is 16.2. The zero-order chi connectivity index (χ0) is 43.7. The van der Waals surface area contributed by atoms with Crippen molar-refractivity contribution in [1.82, 2.24) is 25.2 Å². The minimum Gasteiger partial charge on any atom is -0.443 e. The normalized spacial score (nSPS) is 15.1. The first-order valence-electron chi connectivity index (χ1n) is 18.8. The average Bonchev–Trinajstić information content (AvgIpc) is 3.68. The number of nitrogens with two attached hydrogens (primary N) is 3. The maximum Gasteiger partial charge on any atom is 0.424 e. The number of aromatic amines is 1. The Labute approximate surface area is 335 Å². The van der Waals surface area contributed by atoms with E-state index < -0.39 is 106 Å². The third-order valence-electron chi connectivity index (χ3n) is 9.26. The molecule has 3 rings (SSSR count). The Morgan fingerprint density at radius 3 is 2.17 bits per heavy atom. The van der Waals surface area contributed by atoms with E-state index in [0.29, 0.717) is 12.0 Å². The van der Waals surface area contributed by atoms with E-state index in [4.69, 9.17) is 21.9 Å². The van der Waals surface area contributed by atoms with Crippen molar-refractivity contribution in [3.8, 4) is 0 Å². The molecule has 4 amide bonds. The van der Waals surface area contributed by atoms with Crippen LogP contribution < -0.4 is 22.5 Å². The van der Waals surface area contributed by atoms with Gasteiger partial charge in [0.15, 0.2) is 5.78 Å². The Hall–Kier alpha value is -5.30. The second kappa shape index (κ2) is 19.9. The van der Waals surface area contributed by atoms with Gasteiger partial charge in [0.2, 0.25) is 11.7 Å². The number of hydrogen-bond donors (Lipinski definition) is 6. The molecule has 16 nitrogen and oxygen atoms in total. The molecule has 0 radical (unpaired) electrons. The lowest BCUT2D eigenvalue weighted by Gasteiger charge is -2.30. The molecule has 2 aromatic heterocycles. The minimum absolute atomic E-state index is 0.0300. The van der Waals surface area contributed by atoms with Crippen molar-refractivity contribution in [2.24, 2.45) is 29.0 Å². The Kier molecular flexibility index (Phi) is 16.2. The number of nitrogens with one attached hydrogen (secondary N) is 2. The molecule has 0 aliphatic heterocycles. The van der Waals surface area contributed by atoms with Gasteiger partial charge in [0, 0.05) is 36.1 Å². The molecular weight excluding hydrogens is 758 g/mol. The van der Waals surface area contributed by atoms with Gasteiger partial charge in [0.1, 0.15) is 23.4 Å². The van der Waals surface area contributed by atoms with E-state index in [9.17, 15) is 33.9 Å². The fraction of sp³-hybridized carbons (Fsp3) is 0.500. The number of imide groups is 3. The molecule has 9 N–H and O–H groups in total. The molecule has 0 saturated heterocycles. The summed E-state index contributed by atoms with van der Waals surface area (Å²) in [6, 6.07) is 3.56. The third kappa shape index (κ3) is 11.9. The molecule has 2 heterocycles. The second-order valence-corrected chi connectivity index (χ2v) is 15.6. The van der Waals surface area contributed by atoms with Gasteiger partial charge in [0.25, 0.3) is 11.8 Å². The molecule has 0 fully saturated rings. The molecule has 18 heteroatoms. The monoisotopic (exact) mass is 812 g/mol. The van der Waals surface area contributed by atoms with Crippen LogP contribution in [0, 0.1) is 11.8 Å². The van der Waals surface area contributed by atoms with Gasteiger partial charge in [-0.25, -0.2) is 9.78 Å². The average molecular weight is 813 g/mol. The summed E-state index contributed by atoms with van der Waals surface area (Å²) in [6.45, 7) is 10.9. The van der Waals surface area contributed by atoms with Crippen molar-refractivity contribution in [3.05, 3.63) is 83.2 Å². The Bertz CT molecular complexity index is 1920. The first-order chi connectivity index (χ1) is 27.0. The van der Waals surface area contributed by atoms with Crippen LogP contribution in [0.4, 0.5) is 13.6 Å². The SMILES string of the molecule is CC[C@H](C)[C@H](N)C(=O)c1ccnc(C(=O)N(C(=O)OC(C)(C)C)C(=O)[C@H](Cc2cnc[nH]2)NC(=O)[C@@H](N)Cc2ccccc2)c1C(=O)C(F)(F)C(O)C(N)CC(C)C. The molecule has 0 bridgehead atoms. The topological polar surface area (TPSA) is 267 Å². The van der Waals surface area contributed by atoms with Crippen molar-refractivity contribution >= 4 is 35.4 Å². The Morgan fingerprint density at radius 2 is 1.62 bits per heavy atom. The van der Waals surface area contributed by atoms with E-state index in [1.165, 1.54) is 33.3 Å². The molecule has 0 saturated carbocycles. The number of ether oxygens (including phenoxy) is 1. The number of carbonyl (C=O) groups is 6. The van der Waals surface area contributed by atoms with Crippen molar-refractivity contribution in [2.75, 3.05) is 0 Å². The number of hydrogen-bond acceptors (Lipinski definition) is 13. The van der Waals surface area contributed by atoms with Crippen LogP contribution in [0.1, 0.15) is 104 Å². The zero-order valence-electron chi connectivity index (χ0n) is 33.7. The molecule has 58 heavy (non-hydrogen) atoms. The number of rotatable bonds is 18. The summed E-state index contributed by atoms with van der Waals surface area (Å²) in [5.41, 5.74) is 14.5. The van der Waals surface area contributed by atoms with Gasteiger partial charge >= 0.3 is 12.0 Å². The number of aromatic nitrogens is 3. The third-order valence-corrected chi connectivity index (χ3v) is 9.26. The van der Waals surface area contributed by atoms with E-state index in [2.05, 4.69) is 20.3 Å². The quantitative estimate of drug-likeness (QED) is 0.101. The molecule has 6 atom stereocenters. The summed E-state index contributed by atoms with van der Waals surface area (Å²) in [7, 11) is 0. The number of amides is 4. The summed E-state index contributed by atoms with van der Waals surface area (Å²) in [5, 5.41) is 13.2. The van der Waals surface area contributed by atoms with Crippen molar-refractivity contribution in [2.45, 2.75) is 116 Å². The van der Waals surface area contributed by atoms with E-state index in [0.717, 1.165) is 12.3 Å². The van der Waals surface area contributed by atoms with E-state index >= 15 is 8.78 Å². The number of ketones is 2. The molecule has 316 valence electrons. The Morgan fingerprint density at radius 1 is 0.983 bits per heavy atom. The lowest BCUT2D eigenvalue weighted by molar-refractivity contribution is -0.134. The fourth-order valence-electron chi connectivity index (χ4n) is 5.89. The number of alkyl halides is 2. The van der Waals surface area contributed by atoms with Crippen molar-refractivity contribution in [3.63, 3.8) is 0 Å². The number of Topliss-reactive ketones (excluding diaryl/α,β-unsaturated/α-hetero) is 2. The Balaban J connectivity index is 2.26. The van der Waals surface area contributed by atoms with Gasteiger partial charge in [-0.3, -0.25) is 29.0 Å². The predicted molar refractivity (Wildman–Crippen MR) is 208 cm³/mol. The van der Waals surface area contributed by atoms with E-state index in [1.807, 2.05) is 0 Å². The van der Waals surface area contributed by atoms with Crippen LogP contribution >= 0.6 is 0 Å². The predicted octanol–water partition coefficient (Wildman–Crippen LogP) is 3.11. The fourth-order valence-corrected chi connectivity index (χ4v) is 5.89. The van der Waals surface area contributed by atoms with Gasteiger partial charge in [-0.15, -0.1) is 0 Å². The van der Waals surface area contributed by atoms with Crippen molar-refractivity contribution in [1.29, 1.82) is 0 Å². The molecule has 0 aliphatic rings. The summed E-state index contributed by atoms with van der Waals surface area (Å²) in [5.74, 6) is -13.0. The van der Waals surface area contributed by atoms with Crippen LogP contribution in [0.2, 0.25) is 0 Å². The molecule has 1 aromatic carbocycles. The number of carbonyl (C=O) groups excluding carboxylic acids is 6. The summed E-state index contributed by atoms with van der Waals surface area (Å²) in [4.78, 5) is 95.0. The van der Waals surface area contributed by atoms with Crippen LogP contribution in [0.25, 0.3) is 0 Å². The first kappa shape index (κ1) is 47.1. The number of pyridine rings is 1. The molecule has 0 spiro atoms. The standard InChI is InChI=1S/C40H54F2N8O8/c1-8-22(4)30(45)32(51)25-14-15-47-31(29(25)34(53)40(41,42)33(52)26(43)16-21(2)3)37(56)50(38(57)58-39(5,6)7)36(55)28(18-24-19-46-20-48-24)49-35(54)27(44)17-23-12-10-9-11-13-23/h9-15,19-22,26-28,30,33,52H,8,16-18,43-45H2,1-7H3,(H,46,48)(H,49,54)/t22-,26?,27-,28-,30-,33?/m0/s1. The van der Waals surface area contributed by atoms with Gasteiger partial charge < -0.3 is 37.3 Å². The highest BCUT2D eigenvalue weighted by Gasteiger charge is 2.52. The number of halogens is 2. The lowest BCUT2D eigenvalue weighted by atomic mass is 9.86.